The van der Waals surface area contributed by atoms with E-state index >= 15 is 0 Å². The molecule has 0 aromatic rings. The van der Waals surface area contributed by atoms with E-state index in [9.17, 15) is 5.11 Å². The van der Waals surface area contributed by atoms with Crippen LogP contribution in [-0.4, -0.2) is 48.3 Å². The maximum absolute atomic E-state index is 9.34. The summed E-state index contributed by atoms with van der Waals surface area (Å²) in [5.41, 5.74) is 0.479. The fourth-order valence-corrected chi connectivity index (χ4v) is 3.80. The molecule has 0 bridgehead atoms. The highest BCUT2D eigenvalue weighted by atomic mass is 16.3. The summed E-state index contributed by atoms with van der Waals surface area (Å²) in [7, 11) is 0. The lowest BCUT2D eigenvalue weighted by Crippen LogP contribution is -2.48. The Morgan fingerprint density at radius 2 is 1.80 bits per heavy atom. The topological polar surface area (TPSA) is 35.5 Å². The van der Waals surface area contributed by atoms with Gasteiger partial charge in [-0.1, -0.05) is 19.8 Å². The highest BCUT2D eigenvalue weighted by Gasteiger charge is 2.40. The molecule has 0 aromatic heterocycles. The van der Waals surface area contributed by atoms with Crippen LogP contribution in [0, 0.1) is 11.3 Å². The van der Waals surface area contributed by atoms with Gasteiger partial charge in [0, 0.05) is 31.7 Å². The van der Waals surface area contributed by atoms with Crippen molar-refractivity contribution in [3.05, 3.63) is 0 Å². The summed E-state index contributed by atoms with van der Waals surface area (Å²) in [5, 5.41) is 13.1. The van der Waals surface area contributed by atoms with Gasteiger partial charge < -0.3 is 10.4 Å². The molecule has 0 radical (unpaired) electrons. The molecule has 20 heavy (non-hydrogen) atoms. The lowest BCUT2D eigenvalue weighted by atomic mass is 9.70. The number of nitrogens with zero attached hydrogens (tertiary/aromatic N) is 1. The summed E-state index contributed by atoms with van der Waals surface area (Å²) in [6, 6.07) is 1.60. The van der Waals surface area contributed by atoms with Crippen molar-refractivity contribution in [1.82, 2.24) is 10.2 Å². The van der Waals surface area contributed by atoms with Crippen LogP contribution in [0.5, 0.6) is 0 Å². The van der Waals surface area contributed by atoms with Gasteiger partial charge in [-0.25, -0.2) is 0 Å². The van der Waals surface area contributed by atoms with E-state index in [1.807, 2.05) is 0 Å². The van der Waals surface area contributed by atoms with E-state index in [1.165, 1.54) is 64.5 Å². The van der Waals surface area contributed by atoms with Gasteiger partial charge in [-0.3, -0.25) is 4.90 Å². The standard InChI is InChI=1S/C17H32N2O/c1-14-6-8-17(9-7-14,12-18-15-2-3-15)13-19(10-11-20)16-4-5-16/h14-16,18,20H,2-13H2,1H3. The average Bonchev–Trinajstić information content (AvgIpc) is 3.31. The van der Waals surface area contributed by atoms with Crippen molar-refractivity contribution in [2.45, 2.75) is 70.4 Å². The van der Waals surface area contributed by atoms with Crippen LogP contribution in [-0.2, 0) is 0 Å². The van der Waals surface area contributed by atoms with Gasteiger partial charge in [-0.2, -0.15) is 0 Å². The second kappa shape index (κ2) is 6.33. The normalized spacial score (nSPS) is 34.6. The monoisotopic (exact) mass is 280 g/mol. The van der Waals surface area contributed by atoms with Gasteiger partial charge in [0.05, 0.1) is 6.61 Å². The molecule has 0 spiro atoms. The predicted octanol–water partition coefficient (Wildman–Crippen LogP) is 2.39. The number of aliphatic hydroxyl groups is 1. The maximum Gasteiger partial charge on any atom is 0.0558 e. The highest BCUT2D eigenvalue weighted by Crippen LogP contribution is 2.41. The second-order valence-electron chi connectivity index (χ2n) is 7.76. The Labute approximate surface area is 124 Å². The molecule has 0 amide bonds. The van der Waals surface area contributed by atoms with Gasteiger partial charge >= 0.3 is 0 Å². The van der Waals surface area contributed by atoms with Crippen LogP contribution < -0.4 is 5.32 Å². The zero-order valence-corrected chi connectivity index (χ0v) is 13.1. The predicted molar refractivity (Wildman–Crippen MR) is 82.8 cm³/mol. The first-order chi connectivity index (χ1) is 9.71. The van der Waals surface area contributed by atoms with Gasteiger partial charge in [0.15, 0.2) is 0 Å². The van der Waals surface area contributed by atoms with Gasteiger partial charge in [-0.15, -0.1) is 0 Å². The van der Waals surface area contributed by atoms with Crippen LogP contribution >= 0.6 is 0 Å². The molecule has 3 saturated carbocycles. The summed E-state index contributed by atoms with van der Waals surface area (Å²) in [6.07, 6.45) is 11.0. The second-order valence-corrected chi connectivity index (χ2v) is 7.76. The van der Waals surface area contributed by atoms with Crippen LogP contribution in [0.2, 0.25) is 0 Å². The van der Waals surface area contributed by atoms with Gasteiger partial charge in [-0.05, 0) is 49.9 Å². The summed E-state index contributed by atoms with van der Waals surface area (Å²) >= 11 is 0. The Morgan fingerprint density at radius 3 is 2.35 bits per heavy atom. The molecule has 0 heterocycles. The van der Waals surface area contributed by atoms with E-state index in [2.05, 4.69) is 17.1 Å². The molecule has 0 saturated heterocycles. The Morgan fingerprint density at radius 1 is 1.10 bits per heavy atom. The molecule has 2 N–H and O–H groups in total. The molecule has 3 fully saturated rings. The van der Waals surface area contributed by atoms with Crippen LogP contribution in [0.4, 0.5) is 0 Å². The SMILES string of the molecule is CC1CCC(CNC2CC2)(CN(CCO)C2CC2)CC1. The number of hydrogen-bond donors (Lipinski definition) is 2. The van der Waals surface area contributed by atoms with Crippen molar-refractivity contribution in [2.24, 2.45) is 11.3 Å². The molecular weight excluding hydrogens is 248 g/mol. The fourth-order valence-electron chi connectivity index (χ4n) is 3.80. The van der Waals surface area contributed by atoms with Crippen molar-refractivity contribution in [3.63, 3.8) is 0 Å². The van der Waals surface area contributed by atoms with Gasteiger partial charge in [0.2, 0.25) is 0 Å². The Kier molecular flexibility index (Phi) is 4.68. The van der Waals surface area contributed by atoms with E-state index in [0.29, 0.717) is 12.0 Å². The fraction of sp³-hybridized carbons (Fsp3) is 1.00. The number of aliphatic hydroxyl groups excluding tert-OH is 1. The number of rotatable bonds is 8. The summed E-state index contributed by atoms with van der Waals surface area (Å²) in [4.78, 5) is 2.59. The van der Waals surface area contributed by atoms with Crippen molar-refractivity contribution < 1.29 is 5.11 Å². The molecule has 3 rings (SSSR count). The molecule has 0 atom stereocenters. The van der Waals surface area contributed by atoms with Gasteiger partial charge in [0.1, 0.15) is 0 Å². The Balaban J connectivity index is 1.60. The smallest absolute Gasteiger partial charge is 0.0558 e. The lowest BCUT2D eigenvalue weighted by Gasteiger charge is -2.43. The molecule has 3 aliphatic rings. The summed E-state index contributed by atoms with van der Waals surface area (Å²) < 4.78 is 0. The van der Waals surface area contributed by atoms with Crippen molar-refractivity contribution in [1.29, 1.82) is 0 Å². The molecule has 3 aliphatic carbocycles. The Hall–Kier alpha value is -0.120. The van der Waals surface area contributed by atoms with Crippen LogP contribution in [0.25, 0.3) is 0 Å². The van der Waals surface area contributed by atoms with Crippen LogP contribution in [0.1, 0.15) is 58.3 Å². The molecular formula is C17H32N2O. The Bertz CT molecular complexity index is 304. The minimum atomic E-state index is 0.318. The van der Waals surface area contributed by atoms with Crippen molar-refractivity contribution in [3.8, 4) is 0 Å². The third-order valence-corrected chi connectivity index (χ3v) is 5.67. The average molecular weight is 280 g/mol. The van der Waals surface area contributed by atoms with Crippen molar-refractivity contribution in [2.75, 3.05) is 26.2 Å². The quantitative estimate of drug-likeness (QED) is 0.716. The van der Waals surface area contributed by atoms with E-state index < -0.39 is 0 Å². The van der Waals surface area contributed by atoms with E-state index in [1.54, 1.807) is 0 Å². The van der Waals surface area contributed by atoms with Crippen LogP contribution in [0.3, 0.4) is 0 Å². The molecule has 0 unspecified atom stereocenters. The highest BCUT2D eigenvalue weighted by molar-refractivity contribution is 4.95. The maximum atomic E-state index is 9.34. The summed E-state index contributed by atoms with van der Waals surface area (Å²) in [5.74, 6) is 0.913. The molecule has 3 nitrogen and oxygen atoms in total. The van der Waals surface area contributed by atoms with E-state index in [4.69, 9.17) is 0 Å². The first-order valence-electron chi connectivity index (χ1n) is 8.79. The minimum absolute atomic E-state index is 0.318. The lowest BCUT2D eigenvalue weighted by molar-refractivity contribution is 0.0712. The first kappa shape index (κ1) is 14.8. The third-order valence-electron chi connectivity index (χ3n) is 5.67. The minimum Gasteiger partial charge on any atom is -0.395 e. The molecule has 3 heteroatoms. The zero-order valence-electron chi connectivity index (χ0n) is 13.1. The van der Waals surface area contributed by atoms with Crippen molar-refractivity contribution >= 4 is 0 Å². The first-order valence-corrected chi connectivity index (χ1v) is 8.79. The molecule has 116 valence electrons. The number of hydrogen-bond acceptors (Lipinski definition) is 3. The molecule has 0 aliphatic heterocycles. The van der Waals surface area contributed by atoms with E-state index in [0.717, 1.165) is 24.5 Å². The summed E-state index contributed by atoms with van der Waals surface area (Å²) in [6.45, 7) is 6.03. The van der Waals surface area contributed by atoms with E-state index in [-0.39, 0.29) is 0 Å². The van der Waals surface area contributed by atoms with Gasteiger partial charge in [0.25, 0.3) is 0 Å². The third kappa shape index (κ3) is 3.96. The van der Waals surface area contributed by atoms with Crippen LogP contribution in [0.15, 0.2) is 0 Å². The largest absolute Gasteiger partial charge is 0.395 e. The zero-order chi connectivity index (χ0) is 14.0. The molecule has 0 aromatic carbocycles. The number of nitrogens with one attached hydrogen (secondary N) is 1.